The Labute approximate surface area is 136 Å². The van der Waals surface area contributed by atoms with Gasteiger partial charge in [0, 0.05) is 10.9 Å². The van der Waals surface area contributed by atoms with E-state index < -0.39 is 16.9 Å². The topological polar surface area (TPSA) is 76.8 Å². The first-order chi connectivity index (χ1) is 10.9. The Kier molecular flexibility index (Phi) is 3.83. The van der Waals surface area contributed by atoms with Gasteiger partial charge in [0.2, 0.25) is 16.7 Å². The third kappa shape index (κ3) is 2.69. The second kappa shape index (κ2) is 5.56. The summed E-state index contributed by atoms with van der Waals surface area (Å²) in [6.45, 7) is 5.69. The van der Waals surface area contributed by atoms with Crippen molar-refractivity contribution < 1.29 is 22.4 Å². The number of thiol groups is 1. The highest BCUT2D eigenvalue weighted by atomic mass is 32.2. The number of carbonyl (C=O) groups is 1. The van der Waals surface area contributed by atoms with E-state index in [0.717, 1.165) is 18.2 Å². The predicted octanol–water partition coefficient (Wildman–Crippen LogP) is 2.80. The van der Waals surface area contributed by atoms with Gasteiger partial charge in [0.1, 0.15) is 5.58 Å². The minimum Gasteiger partial charge on any atom is -0.460 e. The quantitative estimate of drug-likeness (QED) is 0.670. The van der Waals surface area contributed by atoms with Crippen molar-refractivity contribution in [2.45, 2.75) is 39.2 Å². The van der Waals surface area contributed by atoms with Crippen molar-refractivity contribution in [1.82, 2.24) is 0 Å². The van der Waals surface area contributed by atoms with Crippen molar-refractivity contribution in [3.05, 3.63) is 29.5 Å². The van der Waals surface area contributed by atoms with E-state index in [-0.39, 0.29) is 17.9 Å². The molecule has 0 bridgehead atoms. The number of esters is 1. The lowest BCUT2D eigenvalue weighted by molar-refractivity contribution is 0.0491. The van der Waals surface area contributed by atoms with Gasteiger partial charge < -0.3 is 9.15 Å². The van der Waals surface area contributed by atoms with Crippen molar-refractivity contribution >= 4 is 33.5 Å². The summed E-state index contributed by atoms with van der Waals surface area (Å²) in [7, 11) is -2.73. The van der Waals surface area contributed by atoms with E-state index in [1.807, 2.05) is 6.92 Å². The highest BCUT2D eigenvalue weighted by Gasteiger charge is 2.45. The number of nitrogens with zero attached hydrogens (tertiary/aromatic N) is 1. The lowest BCUT2D eigenvalue weighted by Crippen LogP contribution is -2.33. The zero-order valence-electron chi connectivity index (χ0n) is 13.3. The lowest BCUT2D eigenvalue weighted by Gasteiger charge is -2.24. The van der Waals surface area contributed by atoms with Crippen molar-refractivity contribution in [3.63, 3.8) is 0 Å². The van der Waals surface area contributed by atoms with Crippen LogP contribution in [0.25, 0.3) is 11.0 Å². The molecule has 1 fully saturated rings. The summed E-state index contributed by atoms with van der Waals surface area (Å²) >= 11 is 0. The van der Waals surface area contributed by atoms with Crippen LogP contribution in [0.2, 0.25) is 0 Å². The molecule has 1 saturated carbocycles. The number of carbonyl (C=O) groups excluding carboxylic acids is 1. The van der Waals surface area contributed by atoms with Gasteiger partial charge >= 0.3 is 5.97 Å². The summed E-state index contributed by atoms with van der Waals surface area (Å²) in [6, 6.07) is 5.15. The number of furan rings is 1. The fourth-order valence-corrected chi connectivity index (χ4v) is 3.63. The molecule has 124 valence electrons. The van der Waals surface area contributed by atoms with Gasteiger partial charge in [-0.05, 0) is 51.8 Å². The molecule has 1 aromatic heterocycles. The molecule has 6 nitrogen and oxygen atoms in total. The molecule has 3 rings (SSSR count). The van der Waals surface area contributed by atoms with Crippen LogP contribution >= 0.6 is 0 Å². The summed E-state index contributed by atoms with van der Waals surface area (Å²) in [5.74, 6) is -0.349. The van der Waals surface area contributed by atoms with Crippen molar-refractivity contribution in [1.29, 1.82) is 0 Å². The van der Waals surface area contributed by atoms with Crippen LogP contribution in [0.4, 0.5) is 5.69 Å². The zero-order valence-corrected chi connectivity index (χ0v) is 14.2. The summed E-state index contributed by atoms with van der Waals surface area (Å²) < 4.78 is 35.3. The summed E-state index contributed by atoms with van der Waals surface area (Å²) in [6.07, 6.45) is 1.68. The minimum absolute atomic E-state index is 0.162. The van der Waals surface area contributed by atoms with Crippen molar-refractivity contribution in [2.75, 3.05) is 10.9 Å². The molecular formula is C16H19NO5S. The molecule has 0 saturated heterocycles. The van der Waals surface area contributed by atoms with E-state index in [0.29, 0.717) is 16.8 Å². The molecule has 2 aromatic rings. The monoisotopic (exact) mass is 337 g/mol. The normalized spacial score (nSPS) is 15.8. The zero-order chi connectivity index (χ0) is 16.8. The maximum absolute atomic E-state index is 11.9. The first-order valence-electron chi connectivity index (χ1n) is 7.52. The number of benzene rings is 1. The SMILES string of the molecule is CCOC(=O)c1oc2ccc(N([SH](=O)=O)C3(C)CC3)cc2c1C. The van der Waals surface area contributed by atoms with Crippen LogP contribution in [0.15, 0.2) is 22.6 Å². The van der Waals surface area contributed by atoms with Crippen LogP contribution in [0, 0.1) is 6.92 Å². The number of rotatable bonds is 5. The summed E-state index contributed by atoms with van der Waals surface area (Å²) in [4.78, 5) is 11.9. The Balaban J connectivity index is 2.08. The molecule has 0 radical (unpaired) electrons. The first-order valence-corrected chi connectivity index (χ1v) is 8.65. The maximum atomic E-state index is 11.9. The van der Waals surface area contributed by atoms with E-state index in [1.165, 1.54) is 4.31 Å². The second-order valence-corrected chi connectivity index (χ2v) is 6.88. The van der Waals surface area contributed by atoms with Gasteiger partial charge in [-0.3, -0.25) is 4.31 Å². The van der Waals surface area contributed by atoms with Gasteiger partial charge in [0.25, 0.3) is 0 Å². The van der Waals surface area contributed by atoms with Crippen LogP contribution < -0.4 is 4.31 Å². The number of ether oxygens (including phenoxy) is 1. The summed E-state index contributed by atoms with van der Waals surface area (Å²) in [5, 5.41) is 0.719. The molecule has 0 aliphatic heterocycles. The molecular weight excluding hydrogens is 318 g/mol. The average Bonchev–Trinajstić information content (AvgIpc) is 3.13. The third-order valence-electron chi connectivity index (χ3n) is 4.27. The van der Waals surface area contributed by atoms with Crippen molar-refractivity contribution in [2.24, 2.45) is 0 Å². The molecule has 0 atom stereocenters. The third-order valence-corrected chi connectivity index (χ3v) is 5.31. The second-order valence-electron chi connectivity index (χ2n) is 6.00. The molecule has 1 aliphatic rings. The fourth-order valence-electron chi connectivity index (χ4n) is 2.73. The van der Waals surface area contributed by atoms with Crippen LogP contribution in [-0.2, 0) is 15.6 Å². The molecule has 0 spiro atoms. The molecule has 0 amide bonds. The van der Waals surface area contributed by atoms with Crippen LogP contribution in [0.5, 0.6) is 0 Å². The Morgan fingerprint density at radius 2 is 2.09 bits per heavy atom. The number of anilines is 1. The van der Waals surface area contributed by atoms with Gasteiger partial charge in [-0.2, -0.15) is 0 Å². The largest absolute Gasteiger partial charge is 0.460 e. The molecule has 1 heterocycles. The number of hydrogen-bond acceptors (Lipinski definition) is 5. The van der Waals surface area contributed by atoms with E-state index in [2.05, 4.69) is 0 Å². The minimum atomic E-state index is -2.73. The highest BCUT2D eigenvalue weighted by Crippen LogP contribution is 2.44. The van der Waals surface area contributed by atoms with Gasteiger partial charge in [0.15, 0.2) is 0 Å². The molecule has 7 heteroatoms. The Hall–Kier alpha value is -2.02. The lowest BCUT2D eigenvalue weighted by atomic mass is 10.1. The van der Waals surface area contributed by atoms with E-state index in [9.17, 15) is 13.2 Å². The smallest absolute Gasteiger partial charge is 0.374 e. The van der Waals surface area contributed by atoms with E-state index in [1.54, 1.807) is 32.0 Å². The van der Waals surface area contributed by atoms with Crippen LogP contribution in [0.3, 0.4) is 0 Å². The number of aryl methyl sites for hydroxylation is 1. The Bertz CT molecular complexity index is 840. The maximum Gasteiger partial charge on any atom is 0.374 e. The Morgan fingerprint density at radius 1 is 1.39 bits per heavy atom. The molecule has 23 heavy (non-hydrogen) atoms. The van der Waals surface area contributed by atoms with Gasteiger partial charge in [-0.15, -0.1) is 0 Å². The Morgan fingerprint density at radius 3 is 2.65 bits per heavy atom. The van der Waals surface area contributed by atoms with Crippen molar-refractivity contribution in [3.8, 4) is 0 Å². The van der Waals surface area contributed by atoms with Gasteiger partial charge in [-0.1, -0.05) is 0 Å². The van der Waals surface area contributed by atoms with Crippen LogP contribution in [0.1, 0.15) is 42.8 Å². The number of hydrogen-bond donors (Lipinski definition) is 1. The van der Waals surface area contributed by atoms with Gasteiger partial charge in [0.05, 0.1) is 17.8 Å². The predicted molar refractivity (Wildman–Crippen MR) is 87.3 cm³/mol. The van der Waals surface area contributed by atoms with Gasteiger partial charge in [-0.25, -0.2) is 13.2 Å². The van der Waals surface area contributed by atoms with E-state index >= 15 is 0 Å². The summed E-state index contributed by atoms with van der Waals surface area (Å²) in [5.41, 5.74) is 1.44. The number of fused-ring (bicyclic) bond motifs is 1. The molecule has 0 N–H and O–H groups in total. The fraction of sp³-hybridized carbons (Fsp3) is 0.438. The standard InChI is InChI=1S/C16H19NO5S/c1-4-21-15(18)14-10(2)12-9-11(5-6-13(12)22-14)17(23(19)20)16(3)7-8-16/h5-6,9,23H,4,7-8H2,1-3H3. The highest BCUT2D eigenvalue weighted by molar-refractivity contribution is 7.74. The van der Waals surface area contributed by atoms with E-state index in [4.69, 9.17) is 9.15 Å². The molecule has 1 aliphatic carbocycles. The van der Waals surface area contributed by atoms with Crippen LogP contribution in [-0.4, -0.2) is 26.5 Å². The molecule has 1 aromatic carbocycles. The molecule has 0 unspecified atom stereocenters. The average molecular weight is 337 g/mol. The first kappa shape index (κ1) is 15.9.